The van der Waals surface area contributed by atoms with E-state index in [4.69, 9.17) is 16.6 Å². The first-order valence-corrected chi connectivity index (χ1v) is 11.0. The minimum atomic E-state index is -1.42. The van der Waals surface area contributed by atoms with E-state index >= 15 is 0 Å². The molecule has 196 valence electrons. The van der Waals surface area contributed by atoms with Gasteiger partial charge in [0.05, 0.1) is 11.0 Å². The zero-order valence-electron chi connectivity index (χ0n) is 19.5. The Morgan fingerprint density at radius 2 is 1.89 bits per heavy atom. The number of benzene rings is 1. The predicted molar refractivity (Wildman–Crippen MR) is 126 cm³/mol. The molecule has 1 heterocycles. The molecule has 0 bridgehead atoms. The number of hydrogen-bond donors (Lipinski definition) is 6. The SMILES string of the molecule is CC(C(=O)O)C(=O)N1C[C@H](O)C[C@H]1C(=O)N[C@@H](CCCN=C(N)N)C(=O)Nc1ccc([N+](=O)[O-])cc1. The van der Waals surface area contributed by atoms with Gasteiger partial charge in [0, 0.05) is 37.3 Å². The van der Waals surface area contributed by atoms with Gasteiger partial charge in [-0.25, -0.2) is 0 Å². The zero-order chi connectivity index (χ0) is 27.0. The molecule has 3 amide bonds. The number of amides is 3. The number of rotatable bonds is 11. The van der Waals surface area contributed by atoms with Crippen LogP contribution in [0.4, 0.5) is 11.4 Å². The van der Waals surface area contributed by atoms with Crippen molar-refractivity contribution in [2.75, 3.05) is 18.4 Å². The minimum Gasteiger partial charge on any atom is -0.481 e. The molecule has 1 aliphatic heterocycles. The van der Waals surface area contributed by atoms with E-state index in [0.717, 1.165) is 4.90 Å². The third kappa shape index (κ3) is 7.63. The lowest BCUT2D eigenvalue weighted by Gasteiger charge is -2.27. The maximum atomic E-state index is 13.0. The molecule has 1 aromatic carbocycles. The molecule has 8 N–H and O–H groups in total. The number of carboxylic acid groups (broad SMARTS) is 1. The van der Waals surface area contributed by atoms with Crippen molar-refractivity contribution < 1.29 is 34.3 Å². The Kier molecular flexibility index (Phi) is 9.66. The van der Waals surface area contributed by atoms with Crippen molar-refractivity contribution in [2.24, 2.45) is 22.4 Å². The largest absolute Gasteiger partial charge is 0.481 e. The van der Waals surface area contributed by atoms with Crippen LogP contribution in [-0.4, -0.2) is 81.0 Å². The Morgan fingerprint density at radius 1 is 1.25 bits per heavy atom. The first-order valence-electron chi connectivity index (χ1n) is 11.0. The first kappa shape index (κ1) is 28.0. The van der Waals surface area contributed by atoms with E-state index in [0.29, 0.717) is 6.42 Å². The van der Waals surface area contributed by atoms with Gasteiger partial charge >= 0.3 is 5.97 Å². The molecule has 0 aliphatic carbocycles. The Labute approximate surface area is 205 Å². The number of aliphatic hydroxyl groups is 1. The number of aliphatic imine (C=N–C) groups is 1. The lowest BCUT2D eigenvalue weighted by atomic mass is 10.1. The van der Waals surface area contributed by atoms with E-state index in [1.165, 1.54) is 31.2 Å². The molecule has 36 heavy (non-hydrogen) atoms. The number of nitrogens with two attached hydrogens (primary N) is 2. The van der Waals surface area contributed by atoms with Gasteiger partial charge in [0.25, 0.3) is 5.69 Å². The lowest BCUT2D eigenvalue weighted by Crippen LogP contribution is -2.53. The van der Waals surface area contributed by atoms with Crippen molar-refractivity contribution in [3.8, 4) is 0 Å². The van der Waals surface area contributed by atoms with E-state index in [1.807, 2.05) is 0 Å². The van der Waals surface area contributed by atoms with Gasteiger partial charge in [-0.1, -0.05) is 0 Å². The number of carboxylic acids is 1. The van der Waals surface area contributed by atoms with Gasteiger partial charge < -0.3 is 37.2 Å². The van der Waals surface area contributed by atoms with Crippen LogP contribution in [0, 0.1) is 16.0 Å². The molecule has 0 saturated carbocycles. The van der Waals surface area contributed by atoms with Crippen LogP contribution in [-0.2, 0) is 19.2 Å². The Morgan fingerprint density at radius 3 is 2.44 bits per heavy atom. The lowest BCUT2D eigenvalue weighted by molar-refractivity contribution is -0.384. The number of nitrogens with one attached hydrogen (secondary N) is 2. The monoisotopic (exact) mass is 507 g/mol. The maximum absolute atomic E-state index is 13.0. The van der Waals surface area contributed by atoms with Crippen LogP contribution in [0.1, 0.15) is 26.2 Å². The minimum absolute atomic E-state index is 0.0933. The highest BCUT2D eigenvalue weighted by molar-refractivity contribution is 6.01. The van der Waals surface area contributed by atoms with Crippen LogP contribution < -0.4 is 22.1 Å². The molecular formula is C21H29N7O8. The van der Waals surface area contributed by atoms with Crippen molar-refractivity contribution in [1.82, 2.24) is 10.2 Å². The molecular weight excluding hydrogens is 478 g/mol. The van der Waals surface area contributed by atoms with Crippen LogP contribution in [0.25, 0.3) is 0 Å². The molecule has 15 nitrogen and oxygen atoms in total. The Hall–Kier alpha value is -4.27. The number of nitrogens with zero attached hydrogens (tertiary/aromatic N) is 3. The molecule has 1 unspecified atom stereocenters. The number of aliphatic hydroxyl groups excluding tert-OH is 1. The number of aliphatic carboxylic acids is 1. The second kappa shape index (κ2) is 12.4. The maximum Gasteiger partial charge on any atom is 0.315 e. The van der Waals surface area contributed by atoms with Crippen LogP contribution in [0.3, 0.4) is 0 Å². The van der Waals surface area contributed by atoms with Gasteiger partial charge in [-0.3, -0.25) is 34.3 Å². The summed E-state index contributed by atoms with van der Waals surface area (Å²) in [5.74, 6) is -5.17. The highest BCUT2D eigenvalue weighted by Crippen LogP contribution is 2.22. The smallest absolute Gasteiger partial charge is 0.315 e. The highest BCUT2D eigenvalue weighted by Gasteiger charge is 2.42. The van der Waals surface area contributed by atoms with Crippen LogP contribution in [0.5, 0.6) is 0 Å². The van der Waals surface area contributed by atoms with Crippen molar-refractivity contribution in [1.29, 1.82) is 0 Å². The van der Waals surface area contributed by atoms with Gasteiger partial charge in [-0.15, -0.1) is 0 Å². The highest BCUT2D eigenvalue weighted by atomic mass is 16.6. The summed E-state index contributed by atoms with van der Waals surface area (Å²) in [5, 5.41) is 35.1. The van der Waals surface area contributed by atoms with E-state index in [-0.39, 0.29) is 43.3 Å². The average molecular weight is 508 g/mol. The molecule has 4 atom stereocenters. The number of hydrogen-bond acceptors (Lipinski definition) is 8. The summed E-state index contributed by atoms with van der Waals surface area (Å²) in [6.45, 7) is 1.12. The predicted octanol–water partition coefficient (Wildman–Crippen LogP) is -1.25. The summed E-state index contributed by atoms with van der Waals surface area (Å²) in [4.78, 5) is 64.8. The normalized spacial score (nSPS) is 18.6. The molecule has 0 aromatic heterocycles. The zero-order valence-corrected chi connectivity index (χ0v) is 19.5. The van der Waals surface area contributed by atoms with E-state index in [9.17, 15) is 34.4 Å². The number of likely N-dealkylation sites (tertiary alicyclic amines) is 1. The van der Waals surface area contributed by atoms with Gasteiger partial charge in [-0.2, -0.15) is 0 Å². The number of nitro groups is 1. The molecule has 1 aliphatic rings. The van der Waals surface area contributed by atoms with Crippen molar-refractivity contribution >= 4 is 41.0 Å². The topological polar surface area (TPSA) is 244 Å². The molecule has 1 aromatic rings. The van der Waals surface area contributed by atoms with Crippen LogP contribution in [0.15, 0.2) is 29.3 Å². The molecule has 2 rings (SSSR count). The summed E-state index contributed by atoms with van der Waals surface area (Å²) in [5.41, 5.74) is 10.7. The fourth-order valence-electron chi connectivity index (χ4n) is 3.60. The van der Waals surface area contributed by atoms with Crippen LogP contribution in [0.2, 0.25) is 0 Å². The average Bonchev–Trinajstić information content (AvgIpc) is 3.21. The number of anilines is 1. The number of nitro benzene ring substituents is 1. The summed E-state index contributed by atoms with van der Waals surface area (Å²) < 4.78 is 0. The third-order valence-corrected chi connectivity index (χ3v) is 5.53. The quantitative estimate of drug-likeness (QED) is 0.0519. The van der Waals surface area contributed by atoms with Crippen molar-refractivity contribution in [3.05, 3.63) is 34.4 Å². The second-order valence-corrected chi connectivity index (χ2v) is 8.26. The molecule has 1 saturated heterocycles. The van der Waals surface area contributed by atoms with Gasteiger partial charge in [0.1, 0.15) is 18.0 Å². The number of guanidine groups is 1. The molecule has 0 spiro atoms. The standard InChI is InChI=1S/C21H29N7O8/c1-11(20(33)34)19(32)27-10-14(29)9-16(27)18(31)26-15(3-2-8-24-21(22)23)17(30)25-12-4-6-13(7-5-12)28(35)36/h4-7,11,14-16,29H,2-3,8-10H2,1H3,(H,25,30)(H,26,31)(H,33,34)(H4,22,23,24)/t11?,14-,15+,16+/m1/s1. The third-order valence-electron chi connectivity index (χ3n) is 5.53. The van der Waals surface area contributed by atoms with E-state index in [2.05, 4.69) is 15.6 Å². The van der Waals surface area contributed by atoms with E-state index < -0.39 is 52.7 Å². The molecule has 1 fully saturated rings. The Balaban J connectivity index is 2.17. The summed E-state index contributed by atoms with van der Waals surface area (Å²) in [7, 11) is 0. The van der Waals surface area contributed by atoms with Crippen molar-refractivity contribution in [2.45, 2.75) is 44.4 Å². The number of carbonyl (C=O) groups is 4. The number of β-amino-alcohol motifs (C(OH)–C–C–N with tert-alkyl or cyclic N) is 1. The van der Waals surface area contributed by atoms with Gasteiger partial charge in [0.2, 0.25) is 17.7 Å². The van der Waals surface area contributed by atoms with Crippen LogP contribution >= 0.6 is 0 Å². The van der Waals surface area contributed by atoms with Crippen molar-refractivity contribution in [3.63, 3.8) is 0 Å². The first-order chi connectivity index (χ1) is 16.9. The van der Waals surface area contributed by atoms with Gasteiger partial charge in [-0.05, 0) is 31.9 Å². The fourth-order valence-corrected chi connectivity index (χ4v) is 3.60. The van der Waals surface area contributed by atoms with Gasteiger partial charge in [0.15, 0.2) is 5.96 Å². The number of carbonyl (C=O) groups excluding carboxylic acids is 3. The fraction of sp³-hybridized carbons (Fsp3) is 0.476. The summed E-state index contributed by atoms with van der Waals surface area (Å²) in [6.07, 6.45) is -0.785. The second-order valence-electron chi connectivity index (χ2n) is 8.26. The molecule has 0 radical (unpaired) electrons. The summed E-state index contributed by atoms with van der Waals surface area (Å²) >= 11 is 0. The summed E-state index contributed by atoms with van der Waals surface area (Å²) in [6, 6.07) is 2.77. The number of non-ortho nitro benzene ring substituents is 1. The Bertz CT molecular complexity index is 1030. The molecule has 15 heteroatoms. The van der Waals surface area contributed by atoms with E-state index in [1.54, 1.807) is 0 Å².